The second-order valence-electron chi connectivity index (χ2n) is 5.75. The molecule has 0 bridgehead atoms. The number of hydrogen-bond donors (Lipinski definition) is 2. The van der Waals surface area contributed by atoms with Crippen LogP contribution in [0.1, 0.15) is 29.6 Å². The van der Waals surface area contributed by atoms with Crippen molar-refractivity contribution in [2.75, 3.05) is 39.5 Å². The molecule has 0 atom stereocenters. The summed E-state index contributed by atoms with van der Waals surface area (Å²) in [5.74, 6) is 1.15. The van der Waals surface area contributed by atoms with Crippen LogP contribution in [0.4, 0.5) is 5.69 Å². The van der Waals surface area contributed by atoms with Crippen molar-refractivity contribution in [1.82, 2.24) is 10.2 Å². The fourth-order valence-electron chi connectivity index (χ4n) is 2.74. The van der Waals surface area contributed by atoms with Crippen LogP contribution in [-0.2, 0) is 0 Å². The van der Waals surface area contributed by atoms with Gasteiger partial charge in [-0.2, -0.15) is 0 Å². The lowest BCUT2D eigenvalue weighted by Crippen LogP contribution is -2.32. The minimum Gasteiger partial charge on any atom is -0.496 e. The second-order valence-corrected chi connectivity index (χ2v) is 5.75. The second kappa shape index (κ2) is 7.31. The van der Waals surface area contributed by atoms with Crippen molar-refractivity contribution < 1.29 is 9.53 Å². The summed E-state index contributed by atoms with van der Waals surface area (Å²) in [6, 6.07) is 5.11. The van der Waals surface area contributed by atoms with E-state index < -0.39 is 0 Å². The molecule has 116 valence electrons. The Labute approximate surface area is 126 Å². The van der Waals surface area contributed by atoms with Crippen molar-refractivity contribution in [3.05, 3.63) is 23.8 Å². The minimum atomic E-state index is -0.118. The highest BCUT2D eigenvalue weighted by molar-refractivity contribution is 5.97. The maximum absolute atomic E-state index is 12.2. The van der Waals surface area contributed by atoms with Crippen molar-refractivity contribution in [2.24, 2.45) is 5.92 Å². The summed E-state index contributed by atoms with van der Waals surface area (Å²) < 4.78 is 5.21. The van der Waals surface area contributed by atoms with Gasteiger partial charge in [0.15, 0.2) is 0 Å². The molecule has 0 aliphatic carbocycles. The molecular formula is C16H25N3O2. The molecule has 21 heavy (non-hydrogen) atoms. The van der Waals surface area contributed by atoms with E-state index in [0.717, 1.165) is 19.5 Å². The molecule has 5 heteroatoms. The van der Waals surface area contributed by atoms with Crippen LogP contribution >= 0.6 is 0 Å². The van der Waals surface area contributed by atoms with Crippen molar-refractivity contribution in [3.63, 3.8) is 0 Å². The number of hydrogen-bond acceptors (Lipinski definition) is 4. The van der Waals surface area contributed by atoms with Gasteiger partial charge >= 0.3 is 0 Å². The summed E-state index contributed by atoms with van der Waals surface area (Å²) in [6.07, 6.45) is 3.46. The summed E-state index contributed by atoms with van der Waals surface area (Å²) >= 11 is 0. The van der Waals surface area contributed by atoms with E-state index in [0.29, 0.717) is 29.5 Å². The lowest BCUT2D eigenvalue weighted by molar-refractivity contribution is 0.0946. The first-order valence-electron chi connectivity index (χ1n) is 7.50. The molecule has 1 aromatic rings. The van der Waals surface area contributed by atoms with E-state index in [9.17, 15) is 4.79 Å². The molecule has 0 saturated carbocycles. The maximum atomic E-state index is 12.2. The fourth-order valence-corrected chi connectivity index (χ4v) is 2.74. The van der Waals surface area contributed by atoms with E-state index in [1.54, 1.807) is 25.3 Å². The van der Waals surface area contributed by atoms with Crippen LogP contribution in [0.2, 0.25) is 0 Å². The van der Waals surface area contributed by atoms with Gasteiger partial charge in [-0.3, -0.25) is 4.79 Å². The number of rotatable bonds is 5. The van der Waals surface area contributed by atoms with Crippen molar-refractivity contribution >= 4 is 11.6 Å². The van der Waals surface area contributed by atoms with Gasteiger partial charge in [-0.25, -0.2) is 0 Å². The van der Waals surface area contributed by atoms with Crippen LogP contribution in [0.3, 0.4) is 0 Å². The lowest BCUT2D eigenvalue weighted by Gasteiger charge is -2.28. The third-order valence-corrected chi connectivity index (χ3v) is 4.14. The molecular weight excluding hydrogens is 266 g/mol. The number of nitrogen functional groups attached to an aromatic ring is 1. The number of anilines is 1. The van der Waals surface area contributed by atoms with E-state index in [-0.39, 0.29) is 5.91 Å². The molecule has 1 saturated heterocycles. The van der Waals surface area contributed by atoms with Crippen molar-refractivity contribution in [1.29, 1.82) is 0 Å². The fraction of sp³-hybridized carbons (Fsp3) is 0.562. The number of methoxy groups -OCH3 is 1. The van der Waals surface area contributed by atoms with Crippen LogP contribution in [0.15, 0.2) is 18.2 Å². The number of nitrogens with two attached hydrogens (primary N) is 1. The number of carbonyl (C=O) groups excluding carboxylic acids is 1. The number of piperidine rings is 1. The Kier molecular flexibility index (Phi) is 5.44. The first-order valence-corrected chi connectivity index (χ1v) is 7.50. The molecule has 0 aromatic heterocycles. The molecule has 0 spiro atoms. The van der Waals surface area contributed by atoms with Gasteiger partial charge in [-0.1, -0.05) is 0 Å². The molecule has 1 aliphatic rings. The van der Waals surface area contributed by atoms with E-state index >= 15 is 0 Å². The number of nitrogens with zero attached hydrogens (tertiary/aromatic N) is 1. The summed E-state index contributed by atoms with van der Waals surface area (Å²) in [7, 11) is 3.71. The average Bonchev–Trinajstić information content (AvgIpc) is 2.49. The van der Waals surface area contributed by atoms with E-state index in [1.165, 1.54) is 12.8 Å². The summed E-state index contributed by atoms with van der Waals surface area (Å²) in [5.41, 5.74) is 6.81. The van der Waals surface area contributed by atoms with E-state index in [4.69, 9.17) is 10.5 Å². The standard InChI is InChI=1S/C16H25N3O2/c1-19-9-6-12(7-10-19)5-8-18-16(20)14-11-13(17)3-4-15(14)21-2/h3-4,11-12H,5-10,17H2,1-2H3,(H,18,20). The molecule has 1 aromatic carbocycles. The highest BCUT2D eigenvalue weighted by atomic mass is 16.5. The van der Waals surface area contributed by atoms with Gasteiger partial charge in [0.05, 0.1) is 12.7 Å². The van der Waals surface area contributed by atoms with Crippen LogP contribution in [0, 0.1) is 5.92 Å². The van der Waals surface area contributed by atoms with Gasteiger partial charge < -0.3 is 20.7 Å². The Balaban J connectivity index is 1.83. The zero-order valence-electron chi connectivity index (χ0n) is 12.9. The molecule has 3 N–H and O–H groups in total. The molecule has 1 amide bonds. The molecule has 2 rings (SSSR count). The zero-order valence-corrected chi connectivity index (χ0v) is 12.9. The average molecular weight is 291 g/mol. The third-order valence-electron chi connectivity index (χ3n) is 4.14. The first kappa shape index (κ1) is 15.6. The Morgan fingerprint density at radius 1 is 1.43 bits per heavy atom. The Morgan fingerprint density at radius 3 is 2.81 bits per heavy atom. The van der Waals surface area contributed by atoms with Crippen LogP contribution in [-0.4, -0.2) is 44.6 Å². The van der Waals surface area contributed by atoms with Crippen LogP contribution in [0.5, 0.6) is 5.75 Å². The topological polar surface area (TPSA) is 67.6 Å². The van der Waals surface area contributed by atoms with Gasteiger partial charge in [0.25, 0.3) is 5.91 Å². The van der Waals surface area contributed by atoms with Gasteiger partial charge in [0.1, 0.15) is 5.75 Å². The lowest BCUT2D eigenvalue weighted by atomic mass is 9.94. The Morgan fingerprint density at radius 2 is 2.14 bits per heavy atom. The molecule has 5 nitrogen and oxygen atoms in total. The number of carbonyl (C=O) groups is 1. The molecule has 0 unspecified atom stereocenters. The number of amides is 1. The highest BCUT2D eigenvalue weighted by Gasteiger charge is 2.17. The van der Waals surface area contributed by atoms with E-state index in [1.807, 2.05) is 0 Å². The number of nitrogens with one attached hydrogen (secondary N) is 1. The summed E-state index contributed by atoms with van der Waals surface area (Å²) in [6.45, 7) is 3.01. The normalized spacial score (nSPS) is 16.7. The molecule has 0 radical (unpaired) electrons. The van der Waals surface area contributed by atoms with Crippen LogP contribution < -0.4 is 15.8 Å². The zero-order chi connectivity index (χ0) is 15.2. The van der Waals surface area contributed by atoms with Crippen LogP contribution in [0.25, 0.3) is 0 Å². The number of likely N-dealkylation sites (tertiary alicyclic amines) is 1. The van der Waals surface area contributed by atoms with E-state index in [2.05, 4.69) is 17.3 Å². The van der Waals surface area contributed by atoms with Crippen molar-refractivity contribution in [2.45, 2.75) is 19.3 Å². The predicted molar refractivity (Wildman–Crippen MR) is 84.6 cm³/mol. The predicted octanol–water partition coefficient (Wildman–Crippen LogP) is 1.74. The molecule has 1 heterocycles. The number of ether oxygens (including phenoxy) is 1. The smallest absolute Gasteiger partial charge is 0.255 e. The van der Waals surface area contributed by atoms with Crippen molar-refractivity contribution in [3.8, 4) is 5.75 Å². The highest BCUT2D eigenvalue weighted by Crippen LogP contribution is 2.21. The quantitative estimate of drug-likeness (QED) is 0.811. The summed E-state index contributed by atoms with van der Waals surface area (Å²) in [4.78, 5) is 14.6. The first-order chi connectivity index (χ1) is 10.1. The Bertz CT molecular complexity index is 482. The minimum absolute atomic E-state index is 0.118. The van der Waals surface area contributed by atoms with Gasteiger partial charge in [-0.05, 0) is 63.5 Å². The Hall–Kier alpha value is -1.75. The van der Waals surface area contributed by atoms with Gasteiger partial charge in [0, 0.05) is 12.2 Å². The number of benzene rings is 1. The molecule has 1 aliphatic heterocycles. The van der Waals surface area contributed by atoms with Gasteiger partial charge in [0.2, 0.25) is 0 Å². The monoisotopic (exact) mass is 291 g/mol. The van der Waals surface area contributed by atoms with Gasteiger partial charge in [-0.15, -0.1) is 0 Å². The summed E-state index contributed by atoms with van der Waals surface area (Å²) in [5, 5.41) is 2.97. The molecule has 1 fully saturated rings. The SMILES string of the molecule is COc1ccc(N)cc1C(=O)NCCC1CCN(C)CC1. The third kappa shape index (κ3) is 4.36. The largest absolute Gasteiger partial charge is 0.496 e. The maximum Gasteiger partial charge on any atom is 0.255 e.